The van der Waals surface area contributed by atoms with Gasteiger partial charge in [-0.05, 0) is 24.0 Å². The van der Waals surface area contributed by atoms with E-state index in [2.05, 4.69) is 4.98 Å². The minimum absolute atomic E-state index is 0.0324. The van der Waals surface area contributed by atoms with E-state index in [1.54, 1.807) is 18.5 Å². The molecule has 2 unspecified atom stereocenters. The van der Waals surface area contributed by atoms with Crippen LogP contribution in [0.25, 0.3) is 0 Å². The van der Waals surface area contributed by atoms with E-state index < -0.39 is 11.9 Å². The second-order valence-electron chi connectivity index (χ2n) is 4.87. The molecular weight excluding hydrogens is 242 g/mol. The van der Waals surface area contributed by atoms with Crippen molar-refractivity contribution in [2.45, 2.75) is 45.4 Å². The van der Waals surface area contributed by atoms with E-state index in [4.69, 9.17) is 0 Å². The predicted octanol–water partition coefficient (Wildman–Crippen LogP) is 3.04. The Morgan fingerprint density at radius 1 is 1.42 bits per heavy atom. The Hall–Kier alpha value is -1.71. The number of Topliss-reactive ketones (excluding diaryl/α,β-unsaturated/α-hetero) is 1. The molecule has 1 aromatic heterocycles. The molecule has 0 aliphatic carbocycles. The highest BCUT2D eigenvalue weighted by molar-refractivity contribution is 5.84. The summed E-state index contributed by atoms with van der Waals surface area (Å²) in [4.78, 5) is 27.1. The number of pyridine rings is 1. The summed E-state index contributed by atoms with van der Waals surface area (Å²) < 4.78 is 0. The van der Waals surface area contributed by atoms with Crippen LogP contribution in [-0.4, -0.2) is 21.8 Å². The molecule has 0 saturated carbocycles. The Kier molecular flexibility index (Phi) is 6.19. The molecule has 1 heterocycles. The van der Waals surface area contributed by atoms with Gasteiger partial charge in [0.1, 0.15) is 5.78 Å². The van der Waals surface area contributed by atoms with Gasteiger partial charge in [0, 0.05) is 25.2 Å². The van der Waals surface area contributed by atoms with Gasteiger partial charge in [-0.3, -0.25) is 14.6 Å². The van der Waals surface area contributed by atoms with Gasteiger partial charge in [0.2, 0.25) is 0 Å². The van der Waals surface area contributed by atoms with Crippen LogP contribution in [0, 0.1) is 5.92 Å². The Morgan fingerprint density at radius 2 is 2.16 bits per heavy atom. The smallest absolute Gasteiger partial charge is 0.307 e. The van der Waals surface area contributed by atoms with Crippen molar-refractivity contribution in [3.05, 3.63) is 30.1 Å². The van der Waals surface area contributed by atoms with Crippen LogP contribution in [0.4, 0.5) is 0 Å². The molecule has 0 saturated heterocycles. The van der Waals surface area contributed by atoms with E-state index in [-0.39, 0.29) is 18.1 Å². The molecule has 0 amide bonds. The molecule has 0 fully saturated rings. The second-order valence-corrected chi connectivity index (χ2v) is 4.87. The van der Waals surface area contributed by atoms with E-state index in [1.165, 1.54) is 0 Å². The normalized spacial score (nSPS) is 13.8. The third kappa shape index (κ3) is 4.81. The summed E-state index contributed by atoms with van der Waals surface area (Å²) in [6.07, 6.45) is 5.66. The number of hydrogen-bond donors (Lipinski definition) is 1. The molecule has 1 rings (SSSR count). The molecule has 0 bridgehead atoms. The Labute approximate surface area is 113 Å². The third-order valence-electron chi connectivity index (χ3n) is 3.39. The molecule has 0 spiro atoms. The number of hydrogen-bond acceptors (Lipinski definition) is 3. The van der Waals surface area contributed by atoms with Crippen molar-refractivity contribution in [3.63, 3.8) is 0 Å². The largest absolute Gasteiger partial charge is 0.481 e. The first-order valence-electron chi connectivity index (χ1n) is 6.70. The van der Waals surface area contributed by atoms with Crippen LogP contribution in [-0.2, 0) is 9.59 Å². The zero-order chi connectivity index (χ0) is 14.3. The number of aromatic nitrogens is 1. The van der Waals surface area contributed by atoms with E-state index in [0.717, 1.165) is 18.4 Å². The fourth-order valence-electron chi connectivity index (χ4n) is 2.08. The Morgan fingerprint density at radius 3 is 2.68 bits per heavy atom. The van der Waals surface area contributed by atoms with Gasteiger partial charge in [0.25, 0.3) is 0 Å². The molecule has 0 radical (unpaired) electrons. The fraction of sp³-hybridized carbons (Fsp3) is 0.533. The maximum absolute atomic E-state index is 11.8. The minimum Gasteiger partial charge on any atom is -0.481 e. The lowest BCUT2D eigenvalue weighted by atomic mass is 9.84. The molecule has 0 aliphatic rings. The number of carbonyl (C=O) groups excluding carboxylic acids is 1. The van der Waals surface area contributed by atoms with E-state index >= 15 is 0 Å². The number of rotatable bonds is 8. The average Bonchev–Trinajstić information content (AvgIpc) is 2.42. The lowest BCUT2D eigenvalue weighted by Crippen LogP contribution is -2.23. The van der Waals surface area contributed by atoms with Gasteiger partial charge in [-0.2, -0.15) is 0 Å². The van der Waals surface area contributed by atoms with Gasteiger partial charge in [0.05, 0.1) is 5.92 Å². The number of aliphatic carboxylic acids is 1. The van der Waals surface area contributed by atoms with E-state index in [9.17, 15) is 14.7 Å². The first kappa shape index (κ1) is 15.3. The van der Waals surface area contributed by atoms with Gasteiger partial charge in [-0.1, -0.05) is 26.3 Å². The van der Waals surface area contributed by atoms with E-state index in [1.807, 2.05) is 19.9 Å². The summed E-state index contributed by atoms with van der Waals surface area (Å²) in [5.74, 6) is -1.77. The topological polar surface area (TPSA) is 67.3 Å². The summed E-state index contributed by atoms with van der Waals surface area (Å²) >= 11 is 0. The molecule has 4 heteroatoms. The molecular formula is C15H21NO3. The second kappa shape index (κ2) is 7.67. The molecule has 0 aliphatic heterocycles. The number of nitrogens with zero attached hydrogens (tertiary/aromatic N) is 1. The number of carboxylic acids is 1. The van der Waals surface area contributed by atoms with Crippen LogP contribution in [0.2, 0.25) is 0 Å². The quantitative estimate of drug-likeness (QED) is 0.782. The first-order valence-corrected chi connectivity index (χ1v) is 6.70. The van der Waals surface area contributed by atoms with Gasteiger partial charge >= 0.3 is 5.97 Å². The minimum atomic E-state index is -0.916. The van der Waals surface area contributed by atoms with Crippen molar-refractivity contribution in [3.8, 4) is 0 Å². The van der Waals surface area contributed by atoms with Crippen LogP contribution in [0.5, 0.6) is 0 Å². The molecule has 19 heavy (non-hydrogen) atoms. The Bertz CT molecular complexity index is 417. The van der Waals surface area contributed by atoms with Crippen molar-refractivity contribution in [2.24, 2.45) is 5.92 Å². The fourth-order valence-corrected chi connectivity index (χ4v) is 2.08. The summed E-state index contributed by atoms with van der Waals surface area (Å²) in [6, 6.07) is 3.63. The summed E-state index contributed by atoms with van der Waals surface area (Å²) in [5.41, 5.74) is 0.859. The standard InChI is InChI=1S/C15H21NO3/c1-3-4-7-13(17)9-14(15(18)19)11(2)12-6-5-8-16-10-12/h5-6,8,10-11,14H,3-4,7,9H2,1-2H3,(H,18,19). The summed E-state index contributed by atoms with van der Waals surface area (Å²) in [7, 11) is 0. The molecule has 2 atom stereocenters. The monoisotopic (exact) mass is 263 g/mol. The lowest BCUT2D eigenvalue weighted by Gasteiger charge is -2.19. The van der Waals surface area contributed by atoms with Crippen molar-refractivity contribution in [2.75, 3.05) is 0 Å². The van der Waals surface area contributed by atoms with E-state index in [0.29, 0.717) is 6.42 Å². The Balaban J connectivity index is 2.72. The number of ketones is 1. The molecule has 0 aromatic carbocycles. The first-order chi connectivity index (χ1) is 9.06. The number of carboxylic acid groups (broad SMARTS) is 1. The van der Waals surface area contributed by atoms with Crippen LogP contribution in [0.15, 0.2) is 24.5 Å². The SMILES string of the molecule is CCCCC(=O)CC(C(=O)O)C(C)c1cccnc1. The average molecular weight is 263 g/mol. The summed E-state index contributed by atoms with van der Waals surface area (Å²) in [5, 5.41) is 9.31. The zero-order valence-electron chi connectivity index (χ0n) is 11.5. The number of carbonyl (C=O) groups is 2. The maximum atomic E-state index is 11.8. The third-order valence-corrected chi connectivity index (χ3v) is 3.39. The van der Waals surface area contributed by atoms with Gasteiger partial charge in [-0.25, -0.2) is 0 Å². The number of unbranched alkanes of at least 4 members (excludes halogenated alkanes) is 1. The highest BCUT2D eigenvalue weighted by Crippen LogP contribution is 2.27. The van der Waals surface area contributed by atoms with Crippen molar-refractivity contribution in [1.29, 1.82) is 0 Å². The van der Waals surface area contributed by atoms with Crippen LogP contribution >= 0.6 is 0 Å². The van der Waals surface area contributed by atoms with Gasteiger partial charge in [-0.15, -0.1) is 0 Å². The van der Waals surface area contributed by atoms with Crippen molar-refractivity contribution >= 4 is 11.8 Å². The van der Waals surface area contributed by atoms with Crippen LogP contribution in [0.3, 0.4) is 0 Å². The highest BCUT2D eigenvalue weighted by atomic mass is 16.4. The predicted molar refractivity (Wildman–Crippen MR) is 72.9 cm³/mol. The van der Waals surface area contributed by atoms with Gasteiger partial charge in [0.15, 0.2) is 0 Å². The molecule has 4 nitrogen and oxygen atoms in total. The maximum Gasteiger partial charge on any atom is 0.307 e. The molecule has 1 aromatic rings. The van der Waals surface area contributed by atoms with Gasteiger partial charge < -0.3 is 5.11 Å². The molecule has 104 valence electrons. The molecule has 1 N–H and O–H groups in total. The van der Waals surface area contributed by atoms with Crippen molar-refractivity contribution in [1.82, 2.24) is 4.98 Å². The summed E-state index contributed by atoms with van der Waals surface area (Å²) in [6.45, 7) is 3.85. The van der Waals surface area contributed by atoms with Crippen LogP contribution < -0.4 is 0 Å². The lowest BCUT2D eigenvalue weighted by molar-refractivity contribution is -0.144. The highest BCUT2D eigenvalue weighted by Gasteiger charge is 2.28. The van der Waals surface area contributed by atoms with Crippen LogP contribution in [0.1, 0.15) is 51.0 Å². The van der Waals surface area contributed by atoms with Crippen molar-refractivity contribution < 1.29 is 14.7 Å². The zero-order valence-corrected chi connectivity index (χ0v) is 11.5.